The minimum atomic E-state index is -3.12. The van der Waals surface area contributed by atoms with Crippen LogP contribution in [0, 0.1) is 5.92 Å². The number of halogens is 1. The molecule has 0 spiro atoms. The fourth-order valence-electron chi connectivity index (χ4n) is 2.54. The first-order valence-electron chi connectivity index (χ1n) is 6.85. The van der Waals surface area contributed by atoms with E-state index in [4.69, 9.17) is 5.73 Å². The van der Waals surface area contributed by atoms with Crippen LogP contribution in [0.2, 0.25) is 0 Å². The Balaban J connectivity index is 1.88. The van der Waals surface area contributed by atoms with Crippen LogP contribution in [0.1, 0.15) is 25.7 Å². The largest absolute Gasteiger partial charge is 0.368 e. The fraction of sp³-hybridized carbons (Fsp3) is 0.667. The summed E-state index contributed by atoms with van der Waals surface area (Å²) in [7, 11) is -1.66. The molecule has 0 unspecified atom stereocenters. The number of rotatable bonds is 5. The maximum Gasteiger partial charge on any atom is 0.221 e. The van der Waals surface area contributed by atoms with E-state index in [-0.39, 0.29) is 23.7 Å². The molecule has 1 aromatic heterocycles. The Kier molecular flexibility index (Phi) is 5.39. The SMILES string of the molecule is CNS(=O)(=O)CC1CCC(Nc2nc(N)ncc2Br)CC1. The van der Waals surface area contributed by atoms with Gasteiger partial charge in [0.1, 0.15) is 5.82 Å². The van der Waals surface area contributed by atoms with Gasteiger partial charge in [0.15, 0.2) is 0 Å². The van der Waals surface area contributed by atoms with Crippen molar-refractivity contribution in [1.29, 1.82) is 0 Å². The van der Waals surface area contributed by atoms with Crippen LogP contribution in [-0.2, 0) is 10.0 Å². The minimum Gasteiger partial charge on any atom is -0.368 e. The zero-order chi connectivity index (χ0) is 15.5. The van der Waals surface area contributed by atoms with E-state index < -0.39 is 10.0 Å². The van der Waals surface area contributed by atoms with E-state index in [1.54, 1.807) is 6.20 Å². The topological polar surface area (TPSA) is 110 Å². The first-order chi connectivity index (χ1) is 9.89. The number of nitrogens with two attached hydrogens (primary N) is 1. The summed E-state index contributed by atoms with van der Waals surface area (Å²) < 4.78 is 26.3. The van der Waals surface area contributed by atoms with Crippen molar-refractivity contribution in [2.24, 2.45) is 5.92 Å². The highest BCUT2D eigenvalue weighted by atomic mass is 79.9. The van der Waals surface area contributed by atoms with E-state index in [2.05, 4.69) is 35.9 Å². The lowest BCUT2D eigenvalue weighted by Crippen LogP contribution is -2.32. The molecule has 9 heteroatoms. The Morgan fingerprint density at radius 2 is 2.05 bits per heavy atom. The van der Waals surface area contributed by atoms with Crippen LogP contribution in [0.15, 0.2) is 10.7 Å². The number of anilines is 2. The summed E-state index contributed by atoms with van der Waals surface area (Å²) in [6.45, 7) is 0. The van der Waals surface area contributed by atoms with E-state index in [0.717, 1.165) is 30.2 Å². The molecule has 0 aliphatic heterocycles. The smallest absolute Gasteiger partial charge is 0.221 e. The predicted octanol–water partition coefficient (Wildman–Crippen LogP) is 1.34. The van der Waals surface area contributed by atoms with Gasteiger partial charge in [0.25, 0.3) is 0 Å². The molecule has 4 N–H and O–H groups in total. The lowest BCUT2D eigenvalue weighted by molar-refractivity contribution is 0.360. The molecule has 1 heterocycles. The van der Waals surface area contributed by atoms with Crippen molar-refractivity contribution in [2.45, 2.75) is 31.7 Å². The van der Waals surface area contributed by atoms with Crippen LogP contribution in [0.25, 0.3) is 0 Å². The summed E-state index contributed by atoms with van der Waals surface area (Å²) in [6.07, 6.45) is 5.23. The highest BCUT2D eigenvalue weighted by Gasteiger charge is 2.25. The zero-order valence-corrected chi connectivity index (χ0v) is 14.2. The molecule has 21 heavy (non-hydrogen) atoms. The van der Waals surface area contributed by atoms with Crippen molar-refractivity contribution < 1.29 is 8.42 Å². The first kappa shape index (κ1) is 16.4. The Morgan fingerprint density at radius 3 is 2.67 bits per heavy atom. The van der Waals surface area contributed by atoms with Gasteiger partial charge in [-0.15, -0.1) is 0 Å². The average molecular weight is 378 g/mol. The van der Waals surface area contributed by atoms with Crippen molar-refractivity contribution in [3.63, 3.8) is 0 Å². The second-order valence-corrected chi connectivity index (χ2v) is 8.10. The van der Waals surface area contributed by atoms with Gasteiger partial charge in [-0.05, 0) is 54.6 Å². The Labute approximate surface area is 133 Å². The highest BCUT2D eigenvalue weighted by molar-refractivity contribution is 9.10. The van der Waals surface area contributed by atoms with Gasteiger partial charge in [-0.2, -0.15) is 4.98 Å². The standard InChI is InChI=1S/C12H20BrN5O2S/c1-15-21(19,20)7-8-2-4-9(5-3-8)17-11-10(13)6-16-12(14)18-11/h6,8-9,15H,2-5,7H2,1H3,(H3,14,16,17,18). The van der Waals surface area contributed by atoms with E-state index in [1.165, 1.54) is 7.05 Å². The van der Waals surface area contributed by atoms with E-state index in [0.29, 0.717) is 5.82 Å². The zero-order valence-electron chi connectivity index (χ0n) is 11.8. The summed E-state index contributed by atoms with van der Waals surface area (Å²) >= 11 is 3.39. The van der Waals surface area contributed by atoms with E-state index >= 15 is 0 Å². The molecule has 2 rings (SSSR count). The van der Waals surface area contributed by atoms with Gasteiger partial charge in [0, 0.05) is 12.2 Å². The highest BCUT2D eigenvalue weighted by Crippen LogP contribution is 2.29. The molecule has 0 radical (unpaired) electrons. The lowest BCUT2D eigenvalue weighted by atomic mass is 9.87. The van der Waals surface area contributed by atoms with Crippen molar-refractivity contribution >= 4 is 37.7 Å². The van der Waals surface area contributed by atoms with Crippen molar-refractivity contribution in [1.82, 2.24) is 14.7 Å². The Hall–Kier alpha value is -0.930. The number of nitrogens with one attached hydrogen (secondary N) is 2. The van der Waals surface area contributed by atoms with Gasteiger partial charge < -0.3 is 11.1 Å². The lowest BCUT2D eigenvalue weighted by Gasteiger charge is -2.29. The molecule has 118 valence electrons. The predicted molar refractivity (Wildman–Crippen MR) is 86.4 cm³/mol. The number of hydrogen-bond acceptors (Lipinski definition) is 6. The quantitative estimate of drug-likeness (QED) is 0.713. The molecule has 7 nitrogen and oxygen atoms in total. The maximum atomic E-state index is 11.6. The average Bonchev–Trinajstić information content (AvgIpc) is 2.45. The van der Waals surface area contributed by atoms with Gasteiger partial charge in [-0.3, -0.25) is 0 Å². The van der Waals surface area contributed by atoms with Gasteiger partial charge >= 0.3 is 0 Å². The molecule has 1 aliphatic carbocycles. The molecule has 0 bridgehead atoms. The van der Waals surface area contributed by atoms with E-state index in [1.807, 2.05) is 0 Å². The molecule has 0 atom stereocenters. The molecule has 1 aromatic rings. The van der Waals surface area contributed by atoms with Crippen molar-refractivity contribution in [2.75, 3.05) is 23.9 Å². The third-order valence-electron chi connectivity index (χ3n) is 3.72. The maximum absolute atomic E-state index is 11.6. The van der Waals surface area contributed by atoms with Crippen molar-refractivity contribution in [3.05, 3.63) is 10.7 Å². The monoisotopic (exact) mass is 377 g/mol. The molecule has 0 saturated heterocycles. The summed E-state index contributed by atoms with van der Waals surface area (Å²) in [5, 5.41) is 3.34. The normalized spacial score (nSPS) is 23.0. The molecule has 1 aliphatic rings. The number of aromatic nitrogens is 2. The molecule has 0 amide bonds. The van der Waals surface area contributed by atoms with Crippen LogP contribution in [0.4, 0.5) is 11.8 Å². The second kappa shape index (κ2) is 6.89. The van der Waals surface area contributed by atoms with Crippen LogP contribution < -0.4 is 15.8 Å². The van der Waals surface area contributed by atoms with Gasteiger partial charge in [0.2, 0.25) is 16.0 Å². The second-order valence-electron chi connectivity index (χ2n) is 5.27. The Bertz CT molecular complexity index is 587. The molecule has 0 aromatic carbocycles. The molecule has 1 fully saturated rings. The summed E-state index contributed by atoms with van der Waals surface area (Å²) in [4.78, 5) is 8.06. The molecular formula is C12H20BrN5O2S. The van der Waals surface area contributed by atoms with Crippen molar-refractivity contribution in [3.8, 4) is 0 Å². The third kappa shape index (κ3) is 4.79. The van der Waals surface area contributed by atoms with Crippen LogP contribution in [-0.4, -0.2) is 37.2 Å². The van der Waals surface area contributed by atoms with Crippen LogP contribution in [0.3, 0.4) is 0 Å². The molecule has 1 saturated carbocycles. The fourth-order valence-corrected chi connectivity index (χ4v) is 3.97. The Morgan fingerprint density at radius 1 is 1.38 bits per heavy atom. The van der Waals surface area contributed by atoms with Crippen LogP contribution >= 0.6 is 15.9 Å². The van der Waals surface area contributed by atoms with Gasteiger partial charge in [-0.1, -0.05) is 0 Å². The first-order valence-corrected chi connectivity index (χ1v) is 9.30. The summed E-state index contributed by atoms with van der Waals surface area (Å²) in [5.74, 6) is 1.35. The minimum absolute atomic E-state index is 0.209. The molecular weight excluding hydrogens is 358 g/mol. The van der Waals surface area contributed by atoms with Gasteiger partial charge in [-0.25, -0.2) is 18.1 Å². The number of hydrogen-bond donors (Lipinski definition) is 3. The number of sulfonamides is 1. The number of nitrogen functional groups attached to an aromatic ring is 1. The summed E-state index contributed by atoms with van der Waals surface area (Å²) in [6, 6.07) is 0.282. The number of nitrogens with zero attached hydrogens (tertiary/aromatic N) is 2. The van der Waals surface area contributed by atoms with Crippen LogP contribution in [0.5, 0.6) is 0 Å². The third-order valence-corrected chi connectivity index (χ3v) is 5.83. The van der Waals surface area contributed by atoms with E-state index in [9.17, 15) is 8.42 Å². The van der Waals surface area contributed by atoms with Gasteiger partial charge in [0.05, 0.1) is 10.2 Å². The summed E-state index contributed by atoms with van der Waals surface area (Å²) in [5.41, 5.74) is 5.58.